The summed E-state index contributed by atoms with van der Waals surface area (Å²) >= 11 is 1.97. The molecule has 0 nitrogen and oxygen atoms in total. The van der Waals surface area contributed by atoms with Gasteiger partial charge in [-0.2, -0.15) is 0 Å². The first kappa shape index (κ1) is 29.5. The van der Waals surface area contributed by atoms with Crippen molar-refractivity contribution >= 4 is 56.4 Å². The maximum absolute atomic E-state index is 2.34. The Balaban J connectivity index is 0.000000274. The van der Waals surface area contributed by atoms with Gasteiger partial charge in [-0.05, 0) is 58.2 Å². The summed E-state index contributed by atoms with van der Waals surface area (Å²) in [6.45, 7) is 8.76. The molecule has 1 aliphatic heterocycles. The molecule has 0 saturated carbocycles. The molecule has 0 amide bonds. The van der Waals surface area contributed by atoms with Gasteiger partial charge in [0.1, 0.15) is 0 Å². The molecule has 1 unspecified atom stereocenters. The number of thioether (sulfide) groups is 1. The van der Waals surface area contributed by atoms with Crippen molar-refractivity contribution in [3.05, 3.63) is 102 Å². The van der Waals surface area contributed by atoms with Crippen molar-refractivity contribution in [3.63, 3.8) is 0 Å². The van der Waals surface area contributed by atoms with Crippen LogP contribution in [0.4, 0.5) is 0 Å². The van der Waals surface area contributed by atoms with Crippen molar-refractivity contribution in [2.45, 2.75) is 43.5 Å². The minimum absolute atomic E-state index is 0. The normalized spacial score (nSPS) is 15.3. The Bertz CT molecular complexity index is 1270. The van der Waals surface area contributed by atoms with Crippen molar-refractivity contribution in [2.75, 3.05) is 0 Å². The second kappa shape index (κ2) is 13.3. The molecule has 1 atom stereocenters. The Morgan fingerprint density at radius 3 is 2.39 bits per heavy atom. The minimum Gasteiger partial charge on any atom is -0.358 e. The third-order valence-corrected chi connectivity index (χ3v) is 6.65. The van der Waals surface area contributed by atoms with Crippen LogP contribution in [0.3, 0.4) is 0 Å². The standard InChI is InChI=1S/C14H12.C12H10S.C2H6Si.2CH3.Ti/c1-10-8-12-7-6-11-4-2-3-5-13(11)14(12)9-10;1-8-7-10-6-5-9-3-2-4-11(9)12(10)13-8;1-3-2;;;/h2-8H,9H2,1H3;2-8H,1H3;1-2H3;2*1H3;/q;;;2*-1;+2. The second-order valence-corrected chi connectivity index (χ2v) is 10.4. The number of allylic oxidation sites excluding steroid dienone is 2. The predicted octanol–water partition coefficient (Wildman–Crippen LogP) is 7.25. The molecule has 6 rings (SSSR count). The first-order valence-corrected chi connectivity index (χ1v) is 13.4. The van der Waals surface area contributed by atoms with Crippen molar-refractivity contribution < 1.29 is 21.7 Å². The molecule has 0 fully saturated rings. The van der Waals surface area contributed by atoms with Gasteiger partial charge < -0.3 is 14.9 Å². The molecule has 168 valence electrons. The Labute approximate surface area is 222 Å². The van der Waals surface area contributed by atoms with Crippen LogP contribution in [-0.4, -0.2) is 14.8 Å². The third kappa shape index (κ3) is 6.51. The fraction of sp³-hybridized carbons (Fsp3) is 0.200. The molecule has 0 saturated heterocycles. The summed E-state index contributed by atoms with van der Waals surface area (Å²) in [5.74, 6) is 0. The summed E-state index contributed by atoms with van der Waals surface area (Å²) in [5, 5.41) is 6.19. The van der Waals surface area contributed by atoms with Crippen molar-refractivity contribution in [1.82, 2.24) is 0 Å². The maximum atomic E-state index is 2.34. The van der Waals surface area contributed by atoms with Crippen molar-refractivity contribution in [2.24, 2.45) is 0 Å². The van der Waals surface area contributed by atoms with E-state index in [0.29, 0.717) is 5.25 Å². The zero-order valence-corrected chi connectivity index (χ0v) is 24.1. The molecule has 33 heavy (non-hydrogen) atoms. The molecular weight excluding hydrogens is 468 g/mol. The molecule has 3 aliphatic rings. The molecule has 2 aliphatic carbocycles. The number of benzene rings is 3. The summed E-state index contributed by atoms with van der Waals surface area (Å²) in [5.41, 5.74) is 5.79. The van der Waals surface area contributed by atoms with E-state index in [2.05, 4.69) is 106 Å². The number of hydrogen-bond acceptors (Lipinski definition) is 1. The summed E-state index contributed by atoms with van der Waals surface area (Å²) < 4.78 is 0. The van der Waals surface area contributed by atoms with Crippen LogP contribution < -0.4 is 10.4 Å². The molecule has 0 aromatic heterocycles. The zero-order valence-electron chi connectivity index (χ0n) is 20.7. The van der Waals surface area contributed by atoms with Gasteiger partial charge in [-0.1, -0.05) is 97.6 Å². The summed E-state index contributed by atoms with van der Waals surface area (Å²) in [6.07, 6.45) is 12.3. The minimum atomic E-state index is 0. The van der Waals surface area contributed by atoms with Gasteiger partial charge in [-0.15, -0.1) is 11.8 Å². The van der Waals surface area contributed by atoms with Crippen LogP contribution >= 0.6 is 11.8 Å². The summed E-state index contributed by atoms with van der Waals surface area (Å²) in [7, 11) is 1.08. The van der Waals surface area contributed by atoms with Gasteiger partial charge in [0, 0.05) is 19.7 Å². The Kier molecular flexibility index (Phi) is 11.9. The fourth-order valence-corrected chi connectivity index (χ4v) is 5.38. The van der Waals surface area contributed by atoms with E-state index in [4.69, 9.17) is 0 Å². The van der Waals surface area contributed by atoms with Crippen LogP contribution in [0.25, 0.3) is 35.1 Å². The fourth-order valence-electron chi connectivity index (χ4n) is 4.21. The topological polar surface area (TPSA) is 0 Å². The van der Waals surface area contributed by atoms with E-state index in [1.165, 1.54) is 48.4 Å². The van der Waals surface area contributed by atoms with Gasteiger partial charge in [0.15, 0.2) is 0 Å². The van der Waals surface area contributed by atoms with Crippen LogP contribution in [-0.2, 0) is 28.1 Å². The average molecular weight is 503 g/mol. The van der Waals surface area contributed by atoms with Gasteiger partial charge >= 0.3 is 21.7 Å². The van der Waals surface area contributed by atoms with E-state index < -0.39 is 0 Å². The number of hydrogen-bond donors (Lipinski definition) is 0. The first-order chi connectivity index (χ1) is 14.6. The first-order valence-electron chi connectivity index (χ1n) is 10.6. The third-order valence-electron chi connectivity index (χ3n) is 5.45. The Morgan fingerprint density at radius 2 is 1.64 bits per heavy atom. The van der Waals surface area contributed by atoms with Crippen molar-refractivity contribution in [1.29, 1.82) is 0 Å². The van der Waals surface area contributed by atoms with Gasteiger partial charge in [0.05, 0.1) is 0 Å². The van der Waals surface area contributed by atoms with E-state index >= 15 is 0 Å². The van der Waals surface area contributed by atoms with Crippen LogP contribution in [0.5, 0.6) is 0 Å². The van der Waals surface area contributed by atoms with Crippen molar-refractivity contribution in [3.8, 4) is 0 Å². The van der Waals surface area contributed by atoms with E-state index in [9.17, 15) is 0 Å². The number of rotatable bonds is 0. The Hall–Kier alpha value is -1.58. The van der Waals surface area contributed by atoms with Crippen LogP contribution in [0.2, 0.25) is 13.1 Å². The van der Waals surface area contributed by atoms with Gasteiger partial charge in [-0.3, -0.25) is 0 Å². The molecule has 1 heterocycles. The predicted molar refractivity (Wildman–Crippen MR) is 151 cm³/mol. The summed E-state index contributed by atoms with van der Waals surface area (Å²) in [4.78, 5) is 1.47. The molecule has 0 spiro atoms. The maximum Gasteiger partial charge on any atom is 2.00 e. The van der Waals surface area contributed by atoms with E-state index in [0.717, 1.165) is 15.9 Å². The molecule has 0 bridgehead atoms. The molecule has 3 aromatic rings. The van der Waals surface area contributed by atoms with Crippen LogP contribution in [0.15, 0.2) is 65.1 Å². The van der Waals surface area contributed by atoms with Crippen LogP contribution in [0, 0.1) is 14.9 Å². The summed E-state index contributed by atoms with van der Waals surface area (Å²) in [6, 6.07) is 17.5. The quantitative estimate of drug-likeness (QED) is 0.230. The van der Waals surface area contributed by atoms with E-state index in [1.54, 1.807) is 0 Å². The molecule has 2 radical (unpaired) electrons. The van der Waals surface area contributed by atoms with Gasteiger partial charge in [0.2, 0.25) is 0 Å². The zero-order chi connectivity index (χ0) is 21.1. The Morgan fingerprint density at radius 1 is 0.939 bits per heavy atom. The monoisotopic (exact) mass is 502 g/mol. The average Bonchev–Trinajstić information content (AvgIpc) is 3.45. The van der Waals surface area contributed by atoms with E-state index in [-0.39, 0.29) is 36.6 Å². The van der Waals surface area contributed by atoms with E-state index in [1.807, 2.05) is 11.8 Å². The largest absolute Gasteiger partial charge is 2.00 e. The molecular formula is C30H34SSiTi. The molecule has 3 aromatic carbocycles. The smallest absolute Gasteiger partial charge is 0.358 e. The number of fused-ring (bicyclic) bond motifs is 6. The molecule has 3 heteroatoms. The van der Waals surface area contributed by atoms with Crippen LogP contribution in [0.1, 0.15) is 30.5 Å². The van der Waals surface area contributed by atoms with Gasteiger partial charge in [-0.25, -0.2) is 0 Å². The second-order valence-electron chi connectivity index (χ2n) is 8.02. The molecule has 0 N–H and O–H groups in total. The SMILES string of the molecule is CC1=Cc2ccc3ccccc3c2C1.CC1C=c2ccc3c(c2S1)C=CC=3.C[Si]C.[CH3-].[CH3-].[Ti+2]. The van der Waals surface area contributed by atoms with Gasteiger partial charge in [0.25, 0.3) is 0 Å².